The van der Waals surface area contributed by atoms with Crippen LogP contribution in [-0.2, 0) is 41.8 Å². The fourth-order valence-corrected chi connectivity index (χ4v) is 6.40. The van der Waals surface area contributed by atoms with Crippen LogP contribution in [0.1, 0.15) is 88.3 Å². The molecule has 2 aliphatic carbocycles. The lowest BCUT2D eigenvalue weighted by molar-refractivity contribution is -0.140. The third-order valence-electron chi connectivity index (χ3n) is 8.62. The predicted octanol–water partition coefficient (Wildman–Crippen LogP) is 6.72. The molecular formula is C35H41NO5. The normalized spacial score (nSPS) is 15.8. The minimum atomic E-state index is -0.883. The van der Waals surface area contributed by atoms with E-state index in [2.05, 4.69) is 41.3 Å². The molecule has 2 aliphatic rings. The molecule has 0 aromatic heterocycles. The quantitative estimate of drug-likeness (QED) is 0.186. The van der Waals surface area contributed by atoms with Crippen molar-refractivity contribution in [3.8, 4) is 5.75 Å². The molecule has 3 aromatic rings. The zero-order valence-corrected chi connectivity index (χ0v) is 24.1. The third-order valence-corrected chi connectivity index (χ3v) is 8.62. The molecule has 0 heterocycles. The van der Waals surface area contributed by atoms with Gasteiger partial charge in [-0.15, -0.1) is 0 Å². The highest BCUT2D eigenvalue weighted by atomic mass is 16.5. The minimum Gasteiger partial charge on any atom is -0.489 e. The number of hydrogen-bond acceptors (Lipinski definition) is 5. The maximum absolute atomic E-state index is 11.7. The van der Waals surface area contributed by atoms with E-state index in [0.717, 1.165) is 69.3 Å². The van der Waals surface area contributed by atoms with Gasteiger partial charge >= 0.3 is 11.9 Å². The molecule has 1 atom stereocenters. The number of aromatic carboxylic acids is 1. The Kier molecular flexibility index (Phi) is 9.73. The number of methoxy groups -OCH3 is 1. The molecule has 0 saturated heterocycles. The number of fused-ring (bicyclic) bond motifs is 2. The summed E-state index contributed by atoms with van der Waals surface area (Å²) in [6.07, 6.45) is 9.50. The summed E-state index contributed by atoms with van der Waals surface area (Å²) in [5, 5.41) is 9.50. The fourth-order valence-electron chi connectivity index (χ4n) is 6.40. The van der Waals surface area contributed by atoms with Crippen molar-refractivity contribution in [3.05, 3.63) is 99.6 Å². The molecule has 0 amide bonds. The molecule has 1 unspecified atom stereocenters. The number of aryl methyl sites for hydroxylation is 3. The van der Waals surface area contributed by atoms with Crippen LogP contribution in [-0.4, -0.2) is 42.1 Å². The van der Waals surface area contributed by atoms with E-state index >= 15 is 0 Å². The number of carboxylic acids is 1. The van der Waals surface area contributed by atoms with E-state index in [1.165, 1.54) is 47.8 Å². The lowest BCUT2D eigenvalue weighted by Gasteiger charge is -2.36. The number of unbranched alkanes of at least 4 members (excludes halogenated alkanes) is 1. The van der Waals surface area contributed by atoms with Gasteiger partial charge in [0.05, 0.1) is 12.7 Å². The highest BCUT2D eigenvalue weighted by Crippen LogP contribution is 2.36. The van der Waals surface area contributed by atoms with E-state index in [1.807, 2.05) is 18.2 Å². The summed E-state index contributed by atoms with van der Waals surface area (Å²) < 4.78 is 11.2. The van der Waals surface area contributed by atoms with Crippen LogP contribution in [0.3, 0.4) is 0 Å². The minimum absolute atomic E-state index is 0.171. The first-order chi connectivity index (χ1) is 20.0. The van der Waals surface area contributed by atoms with Gasteiger partial charge in [0, 0.05) is 19.0 Å². The number of nitrogens with zero attached hydrogens (tertiary/aromatic N) is 1. The Labute approximate surface area is 243 Å². The number of para-hydroxylation sites is 1. The molecule has 1 N–H and O–H groups in total. The summed E-state index contributed by atoms with van der Waals surface area (Å²) in [4.78, 5) is 25.8. The number of benzene rings is 3. The van der Waals surface area contributed by atoms with Crippen LogP contribution in [0.5, 0.6) is 5.75 Å². The number of rotatable bonds is 13. The lowest BCUT2D eigenvalue weighted by Crippen LogP contribution is -2.34. The summed E-state index contributed by atoms with van der Waals surface area (Å²) in [6, 6.07) is 20.9. The van der Waals surface area contributed by atoms with Crippen molar-refractivity contribution in [3.63, 3.8) is 0 Å². The van der Waals surface area contributed by atoms with Gasteiger partial charge in [-0.05, 0) is 116 Å². The Morgan fingerprint density at radius 1 is 0.902 bits per heavy atom. The van der Waals surface area contributed by atoms with Crippen molar-refractivity contribution in [2.75, 3.05) is 20.2 Å². The molecule has 6 heteroatoms. The monoisotopic (exact) mass is 555 g/mol. The second-order valence-corrected chi connectivity index (χ2v) is 11.3. The van der Waals surface area contributed by atoms with Crippen molar-refractivity contribution >= 4 is 11.9 Å². The van der Waals surface area contributed by atoms with Crippen LogP contribution in [0.4, 0.5) is 0 Å². The van der Waals surface area contributed by atoms with Crippen molar-refractivity contribution in [2.24, 2.45) is 0 Å². The van der Waals surface area contributed by atoms with Gasteiger partial charge in [-0.1, -0.05) is 42.5 Å². The largest absolute Gasteiger partial charge is 0.489 e. The van der Waals surface area contributed by atoms with Gasteiger partial charge in [-0.2, -0.15) is 0 Å². The first kappa shape index (κ1) is 28.9. The van der Waals surface area contributed by atoms with Crippen LogP contribution in [0.15, 0.2) is 60.7 Å². The number of carboxylic acid groups (broad SMARTS) is 1. The molecule has 0 radical (unpaired) electrons. The highest BCUT2D eigenvalue weighted by Gasteiger charge is 2.27. The molecule has 5 rings (SSSR count). The Hall–Kier alpha value is -3.64. The summed E-state index contributed by atoms with van der Waals surface area (Å²) in [5.41, 5.74) is 8.06. The van der Waals surface area contributed by atoms with Crippen LogP contribution < -0.4 is 4.74 Å². The van der Waals surface area contributed by atoms with Crippen molar-refractivity contribution < 1.29 is 24.2 Å². The third kappa shape index (κ3) is 7.36. The van der Waals surface area contributed by atoms with Crippen LogP contribution >= 0.6 is 0 Å². The number of ether oxygens (including phenoxy) is 2. The van der Waals surface area contributed by atoms with Gasteiger partial charge in [-0.3, -0.25) is 9.69 Å². The van der Waals surface area contributed by atoms with Gasteiger partial charge in [0.2, 0.25) is 0 Å². The number of carbonyl (C=O) groups is 2. The van der Waals surface area contributed by atoms with E-state index in [4.69, 9.17) is 9.47 Å². The molecule has 6 nitrogen and oxygen atoms in total. The summed E-state index contributed by atoms with van der Waals surface area (Å²) in [7, 11) is 1.43. The molecule has 0 aliphatic heterocycles. The first-order valence-corrected chi connectivity index (χ1v) is 15.0. The molecule has 216 valence electrons. The SMILES string of the molecule is COC(=O)CCCCN(CCc1ccccc1OCc1ccc2c(c1)CCC2)C1CCCc2cc(C(=O)O)ccc21. The number of esters is 1. The van der Waals surface area contributed by atoms with Crippen molar-refractivity contribution in [2.45, 2.75) is 76.9 Å². The maximum atomic E-state index is 11.7. The van der Waals surface area contributed by atoms with Gasteiger partial charge in [0.1, 0.15) is 12.4 Å². The Morgan fingerprint density at radius 3 is 2.59 bits per heavy atom. The first-order valence-electron chi connectivity index (χ1n) is 15.0. The maximum Gasteiger partial charge on any atom is 0.335 e. The van der Waals surface area contributed by atoms with Gasteiger partial charge < -0.3 is 14.6 Å². The summed E-state index contributed by atoms with van der Waals surface area (Å²) >= 11 is 0. The van der Waals surface area contributed by atoms with Crippen molar-refractivity contribution in [1.29, 1.82) is 0 Å². The Bertz CT molecular complexity index is 1370. The summed E-state index contributed by atoms with van der Waals surface area (Å²) in [5.74, 6) is -0.130. The standard InChI is InChI=1S/C35H41NO5/c1-40-34(37)14-4-5-20-36(32-12-7-11-29-23-30(35(38)39)17-18-31(29)32)21-19-27-8-2-3-13-33(27)41-24-25-15-16-26-9-6-10-28(26)22-25/h2-3,8,13,15-18,22-23,32H,4-7,9-12,14,19-21,24H2,1H3,(H,38,39). The molecular weight excluding hydrogens is 514 g/mol. The zero-order valence-electron chi connectivity index (χ0n) is 24.1. The molecule has 0 spiro atoms. The van der Waals surface area contributed by atoms with Crippen molar-refractivity contribution in [1.82, 2.24) is 4.90 Å². The molecule has 0 saturated carbocycles. The predicted molar refractivity (Wildman–Crippen MR) is 159 cm³/mol. The second-order valence-electron chi connectivity index (χ2n) is 11.3. The molecule has 0 fully saturated rings. The van der Waals surface area contributed by atoms with Crippen LogP contribution in [0.2, 0.25) is 0 Å². The van der Waals surface area contributed by atoms with E-state index in [9.17, 15) is 14.7 Å². The summed E-state index contributed by atoms with van der Waals surface area (Å²) in [6.45, 7) is 2.27. The fraction of sp³-hybridized carbons (Fsp3) is 0.429. The topological polar surface area (TPSA) is 76.1 Å². The van der Waals surface area contributed by atoms with Gasteiger partial charge in [0.25, 0.3) is 0 Å². The van der Waals surface area contributed by atoms with E-state index < -0.39 is 5.97 Å². The van der Waals surface area contributed by atoms with E-state index in [0.29, 0.717) is 18.6 Å². The highest BCUT2D eigenvalue weighted by molar-refractivity contribution is 5.88. The molecule has 41 heavy (non-hydrogen) atoms. The van der Waals surface area contributed by atoms with Gasteiger partial charge in [-0.25, -0.2) is 4.79 Å². The van der Waals surface area contributed by atoms with E-state index in [-0.39, 0.29) is 12.0 Å². The molecule has 3 aromatic carbocycles. The van der Waals surface area contributed by atoms with E-state index in [1.54, 1.807) is 6.07 Å². The average Bonchev–Trinajstić information content (AvgIpc) is 3.47. The Balaban J connectivity index is 1.29. The average molecular weight is 556 g/mol. The lowest BCUT2D eigenvalue weighted by atomic mass is 9.85. The smallest absolute Gasteiger partial charge is 0.335 e. The Morgan fingerprint density at radius 2 is 1.73 bits per heavy atom. The van der Waals surface area contributed by atoms with Crippen LogP contribution in [0.25, 0.3) is 0 Å². The second kappa shape index (κ2) is 13.8. The van der Waals surface area contributed by atoms with Gasteiger partial charge in [0.15, 0.2) is 0 Å². The zero-order chi connectivity index (χ0) is 28.6. The molecule has 0 bridgehead atoms. The number of hydrogen-bond donors (Lipinski definition) is 1. The van der Waals surface area contributed by atoms with Crippen LogP contribution in [0, 0.1) is 0 Å². The number of carbonyl (C=O) groups excluding carboxylic acids is 1.